The zero-order chi connectivity index (χ0) is 16.4. The first-order valence-electron chi connectivity index (χ1n) is 8.62. The van der Waals surface area contributed by atoms with E-state index in [9.17, 15) is 9.59 Å². The Morgan fingerprint density at radius 1 is 1.35 bits per heavy atom. The Bertz CT molecular complexity index is 613. The number of hydrogen-bond acceptors (Lipinski definition) is 2. The van der Waals surface area contributed by atoms with Crippen molar-refractivity contribution in [3.8, 4) is 0 Å². The number of aryl methyl sites for hydroxylation is 1. The molecule has 1 aliphatic heterocycles. The quantitative estimate of drug-likeness (QED) is 0.932. The highest BCUT2D eigenvalue weighted by molar-refractivity contribution is 5.87. The first kappa shape index (κ1) is 16.0. The summed E-state index contributed by atoms with van der Waals surface area (Å²) in [7, 11) is 1.86. The molecule has 1 aromatic carbocycles. The van der Waals surface area contributed by atoms with E-state index < -0.39 is 0 Å². The Balaban J connectivity index is 1.74. The Hall–Kier alpha value is -1.84. The number of benzene rings is 1. The zero-order valence-corrected chi connectivity index (χ0v) is 14.1. The highest BCUT2D eigenvalue weighted by Gasteiger charge is 2.52. The summed E-state index contributed by atoms with van der Waals surface area (Å²) in [5.74, 6) is 0.307. The molecule has 0 spiro atoms. The molecule has 1 aliphatic carbocycles. The summed E-state index contributed by atoms with van der Waals surface area (Å²) in [5, 5.41) is 3.14. The van der Waals surface area contributed by atoms with Crippen LogP contribution in [0.3, 0.4) is 0 Å². The molecule has 1 saturated carbocycles. The summed E-state index contributed by atoms with van der Waals surface area (Å²) < 4.78 is 0. The Labute approximate surface area is 138 Å². The maximum atomic E-state index is 13.0. The second-order valence-corrected chi connectivity index (χ2v) is 7.09. The van der Waals surface area contributed by atoms with Crippen molar-refractivity contribution in [1.82, 2.24) is 10.2 Å². The van der Waals surface area contributed by atoms with Gasteiger partial charge in [-0.1, -0.05) is 42.7 Å². The maximum Gasteiger partial charge on any atom is 0.228 e. The third kappa shape index (κ3) is 2.99. The molecule has 0 unspecified atom stereocenters. The molecule has 0 bridgehead atoms. The summed E-state index contributed by atoms with van der Waals surface area (Å²) in [5.41, 5.74) is 1.95. The van der Waals surface area contributed by atoms with Crippen LogP contribution in [0.4, 0.5) is 0 Å². The van der Waals surface area contributed by atoms with E-state index in [2.05, 4.69) is 24.4 Å². The summed E-state index contributed by atoms with van der Waals surface area (Å²) >= 11 is 0. The first-order chi connectivity index (χ1) is 11.0. The number of likely N-dealkylation sites (tertiary alicyclic amines) is 1. The molecule has 1 heterocycles. The molecule has 4 heteroatoms. The Morgan fingerprint density at radius 3 is 2.96 bits per heavy atom. The highest BCUT2D eigenvalue weighted by atomic mass is 16.2. The van der Waals surface area contributed by atoms with Crippen LogP contribution in [0.15, 0.2) is 24.3 Å². The topological polar surface area (TPSA) is 49.4 Å². The van der Waals surface area contributed by atoms with Gasteiger partial charge in [-0.15, -0.1) is 0 Å². The molecule has 1 N–H and O–H groups in total. The van der Waals surface area contributed by atoms with Gasteiger partial charge in [0.05, 0.1) is 5.41 Å². The summed E-state index contributed by atoms with van der Waals surface area (Å²) in [4.78, 5) is 26.9. The third-order valence-electron chi connectivity index (χ3n) is 5.62. The van der Waals surface area contributed by atoms with E-state index in [0.717, 1.165) is 31.2 Å². The lowest BCUT2D eigenvalue weighted by atomic mass is 9.64. The minimum absolute atomic E-state index is 0.0648. The van der Waals surface area contributed by atoms with Gasteiger partial charge in [0.2, 0.25) is 11.8 Å². The minimum atomic E-state index is -0.384. The van der Waals surface area contributed by atoms with Gasteiger partial charge in [-0.25, -0.2) is 0 Å². The van der Waals surface area contributed by atoms with Crippen LogP contribution in [0, 0.1) is 12.3 Å². The number of piperidine rings is 1. The van der Waals surface area contributed by atoms with Gasteiger partial charge in [0.25, 0.3) is 0 Å². The van der Waals surface area contributed by atoms with Crippen molar-refractivity contribution >= 4 is 11.8 Å². The summed E-state index contributed by atoms with van der Waals surface area (Å²) in [6.45, 7) is 2.62. The molecular weight excluding hydrogens is 288 g/mol. The van der Waals surface area contributed by atoms with E-state index in [1.54, 1.807) is 0 Å². The van der Waals surface area contributed by atoms with Gasteiger partial charge in [-0.05, 0) is 31.7 Å². The van der Waals surface area contributed by atoms with Crippen molar-refractivity contribution in [2.24, 2.45) is 5.41 Å². The largest absolute Gasteiger partial charge is 0.351 e. The van der Waals surface area contributed by atoms with Crippen LogP contribution >= 0.6 is 0 Å². The normalized spacial score (nSPS) is 27.5. The molecule has 2 amide bonds. The number of carbonyl (C=O) groups excluding carboxylic acids is 2. The molecule has 4 nitrogen and oxygen atoms in total. The first-order valence-corrected chi connectivity index (χ1v) is 8.62. The third-order valence-corrected chi connectivity index (χ3v) is 5.62. The fourth-order valence-corrected chi connectivity index (χ4v) is 4.32. The molecule has 124 valence electrons. The van der Waals surface area contributed by atoms with E-state index in [4.69, 9.17) is 0 Å². The number of amides is 2. The molecule has 3 rings (SSSR count). The standard InChI is InChI=1S/C19H26N2O2/c1-14-6-5-7-15(12-14)13-20-18(23)19-10-4-3-8-16(19)21(2)17(22)9-11-19/h5-7,12,16H,3-4,8-11,13H2,1-2H3,(H,20,23)/t16-,19-/m1/s1. The monoisotopic (exact) mass is 314 g/mol. The zero-order valence-electron chi connectivity index (χ0n) is 14.1. The lowest BCUT2D eigenvalue weighted by Crippen LogP contribution is -2.60. The molecule has 23 heavy (non-hydrogen) atoms. The van der Waals surface area contributed by atoms with E-state index in [1.165, 1.54) is 5.56 Å². The smallest absolute Gasteiger partial charge is 0.228 e. The van der Waals surface area contributed by atoms with E-state index in [-0.39, 0.29) is 23.3 Å². The molecule has 2 fully saturated rings. The van der Waals surface area contributed by atoms with Gasteiger partial charge in [-0.3, -0.25) is 9.59 Å². The second kappa shape index (κ2) is 6.34. The molecule has 2 atom stereocenters. The van der Waals surface area contributed by atoms with E-state index in [0.29, 0.717) is 19.4 Å². The van der Waals surface area contributed by atoms with Gasteiger partial charge in [-0.2, -0.15) is 0 Å². The number of hydrogen-bond donors (Lipinski definition) is 1. The molecule has 0 radical (unpaired) electrons. The van der Waals surface area contributed by atoms with Crippen LogP contribution in [0.5, 0.6) is 0 Å². The lowest BCUT2D eigenvalue weighted by molar-refractivity contribution is -0.153. The number of fused-ring (bicyclic) bond motifs is 1. The van der Waals surface area contributed by atoms with Crippen LogP contribution in [0.25, 0.3) is 0 Å². The highest BCUT2D eigenvalue weighted by Crippen LogP contribution is 2.46. The van der Waals surface area contributed by atoms with Gasteiger partial charge in [0.15, 0.2) is 0 Å². The van der Waals surface area contributed by atoms with Crippen LogP contribution in [-0.4, -0.2) is 29.8 Å². The van der Waals surface area contributed by atoms with Crippen molar-refractivity contribution in [1.29, 1.82) is 0 Å². The molecule has 2 aliphatic rings. The predicted molar refractivity (Wildman–Crippen MR) is 89.7 cm³/mol. The van der Waals surface area contributed by atoms with Crippen molar-refractivity contribution in [3.63, 3.8) is 0 Å². The molecular formula is C19H26N2O2. The van der Waals surface area contributed by atoms with E-state index >= 15 is 0 Å². The fourth-order valence-electron chi connectivity index (χ4n) is 4.32. The Morgan fingerprint density at radius 2 is 2.17 bits per heavy atom. The van der Waals surface area contributed by atoms with Gasteiger partial charge in [0, 0.05) is 26.1 Å². The van der Waals surface area contributed by atoms with Crippen molar-refractivity contribution in [3.05, 3.63) is 35.4 Å². The van der Waals surface area contributed by atoms with Crippen molar-refractivity contribution < 1.29 is 9.59 Å². The SMILES string of the molecule is Cc1cccc(CNC(=O)[C@@]23CCCC[C@H]2N(C)C(=O)CC3)c1. The van der Waals surface area contributed by atoms with Crippen LogP contribution in [0.1, 0.15) is 49.7 Å². The summed E-state index contributed by atoms with van der Waals surface area (Å²) in [6.07, 6.45) is 5.21. The molecule has 1 aromatic rings. The van der Waals surface area contributed by atoms with Crippen LogP contribution in [0.2, 0.25) is 0 Å². The van der Waals surface area contributed by atoms with Gasteiger partial charge < -0.3 is 10.2 Å². The fraction of sp³-hybridized carbons (Fsp3) is 0.579. The average Bonchev–Trinajstić information content (AvgIpc) is 2.56. The maximum absolute atomic E-state index is 13.0. The van der Waals surface area contributed by atoms with Gasteiger partial charge >= 0.3 is 0 Å². The number of rotatable bonds is 3. The lowest BCUT2D eigenvalue weighted by Gasteiger charge is -2.50. The van der Waals surface area contributed by atoms with Gasteiger partial charge in [0.1, 0.15) is 0 Å². The number of carbonyl (C=O) groups is 2. The second-order valence-electron chi connectivity index (χ2n) is 7.09. The van der Waals surface area contributed by atoms with Crippen molar-refractivity contribution in [2.75, 3.05) is 7.05 Å². The Kier molecular flexibility index (Phi) is 4.42. The molecule has 1 saturated heterocycles. The molecule has 0 aromatic heterocycles. The van der Waals surface area contributed by atoms with Crippen molar-refractivity contribution in [2.45, 2.75) is 58.0 Å². The number of nitrogens with zero attached hydrogens (tertiary/aromatic N) is 1. The average molecular weight is 314 g/mol. The predicted octanol–water partition coefficient (Wildman–Crippen LogP) is 2.79. The minimum Gasteiger partial charge on any atom is -0.351 e. The van der Waals surface area contributed by atoms with Crippen LogP contribution in [-0.2, 0) is 16.1 Å². The summed E-state index contributed by atoms with van der Waals surface area (Å²) in [6, 6.07) is 8.29. The number of nitrogens with one attached hydrogen (secondary N) is 1. The van der Waals surface area contributed by atoms with Crippen LogP contribution < -0.4 is 5.32 Å². The van der Waals surface area contributed by atoms with E-state index in [1.807, 2.05) is 24.1 Å².